The number of hydrogen-bond acceptors (Lipinski definition) is 1. The molecule has 2 heteroatoms. The van der Waals surface area contributed by atoms with Gasteiger partial charge in [0.05, 0.1) is 0 Å². The van der Waals surface area contributed by atoms with Crippen molar-refractivity contribution in [1.82, 2.24) is 0 Å². The molecule has 0 saturated carbocycles. The van der Waals surface area contributed by atoms with Crippen molar-refractivity contribution in [2.75, 3.05) is 0 Å². The molecule has 0 aliphatic heterocycles. The molecule has 0 aliphatic rings. The highest BCUT2D eigenvalue weighted by Gasteiger charge is 1.82. The topological polar surface area (TPSA) is 12.4 Å². The second-order valence-electron chi connectivity index (χ2n) is 1.28. The maximum absolute atomic E-state index is 3.67. The van der Waals surface area contributed by atoms with Crippen LogP contribution in [-0.4, -0.2) is 6.72 Å². The summed E-state index contributed by atoms with van der Waals surface area (Å²) in [5, 5.41) is 0. The van der Waals surface area contributed by atoms with E-state index in [0.717, 1.165) is 10.2 Å². The summed E-state index contributed by atoms with van der Waals surface area (Å²) in [6.45, 7) is 7.18. The van der Waals surface area contributed by atoms with Crippen LogP contribution < -0.4 is 0 Å². The molecule has 0 bridgehead atoms. The Morgan fingerprint density at radius 1 is 1.57 bits per heavy atom. The number of halogens is 1. The first kappa shape index (κ1) is 6.89. The first-order chi connectivity index (χ1) is 3.18. The zero-order valence-corrected chi connectivity index (χ0v) is 6.12. The van der Waals surface area contributed by atoms with E-state index < -0.39 is 0 Å². The van der Waals surface area contributed by atoms with Gasteiger partial charge in [0, 0.05) is 10.2 Å². The van der Waals surface area contributed by atoms with Gasteiger partial charge in [0.15, 0.2) is 0 Å². The molecule has 0 aromatic rings. The van der Waals surface area contributed by atoms with Crippen molar-refractivity contribution in [2.45, 2.75) is 13.8 Å². The summed E-state index contributed by atoms with van der Waals surface area (Å²) >= 11 is 3.25. The molecule has 0 N–H and O–H groups in total. The van der Waals surface area contributed by atoms with Gasteiger partial charge >= 0.3 is 0 Å². The molecular formula is C5H8BrN. The van der Waals surface area contributed by atoms with E-state index in [-0.39, 0.29) is 0 Å². The number of aliphatic imine (C=N–C) groups is 1. The van der Waals surface area contributed by atoms with Crippen LogP contribution in [-0.2, 0) is 0 Å². The van der Waals surface area contributed by atoms with Gasteiger partial charge in [0.1, 0.15) is 0 Å². The van der Waals surface area contributed by atoms with Crippen LogP contribution in [0, 0.1) is 0 Å². The molecule has 1 nitrogen and oxygen atoms in total. The first-order valence-electron chi connectivity index (χ1n) is 1.98. The van der Waals surface area contributed by atoms with Crippen LogP contribution >= 0.6 is 15.9 Å². The summed E-state index contributed by atoms with van der Waals surface area (Å²) in [7, 11) is 0. The molecule has 0 saturated heterocycles. The Kier molecular flexibility index (Phi) is 2.92. The minimum Gasteiger partial charge on any atom is -0.269 e. The largest absolute Gasteiger partial charge is 0.269 e. The molecule has 0 unspecified atom stereocenters. The van der Waals surface area contributed by atoms with E-state index in [2.05, 4.69) is 27.6 Å². The highest BCUT2D eigenvalue weighted by atomic mass is 79.9. The van der Waals surface area contributed by atoms with Gasteiger partial charge in [0.2, 0.25) is 0 Å². The van der Waals surface area contributed by atoms with Gasteiger partial charge in [-0.25, -0.2) is 0 Å². The Balaban J connectivity index is 3.98. The average Bonchev–Trinajstić information content (AvgIpc) is 1.65. The summed E-state index contributed by atoms with van der Waals surface area (Å²) < 4.78 is 1.04. The second-order valence-corrected chi connectivity index (χ2v) is 2.47. The van der Waals surface area contributed by atoms with Crippen molar-refractivity contribution < 1.29 is 0 Å². The van der Waals surface area contributed by atoms with Crippen LogP contribution in [0.1, 0.15) is 13.8 Å². The third kappa shape index (κ3) is 2.57. The summed E-state index contributed by atoms with van der Waals surface area (Å²) in [5.74, 6) is 0. The lowest BCUT2D eigenvalue weighted by atomic mass is 10.5. The van der Waals surface area contributed by atoms with Gasteiger partial charge in [0.25, 0.3) is 0 Å². The summed E-state index contributed by atoms with van der Waals surface area (Å²) in [6, 6.07) is 0. The lowest BCUT2D eigenvalue weighted by Crippen LogP contribution is -1.66. The Bertz CT molecular complexity index is 101. The fourth-order valence-electron chi connectivity index (χ4n) is 0.109. The molecule has 0 fully saturated rings. The van der Waals surface area contributed by atoms with Gasteiger partial charge in [-0.2, -0.15) is 0 Å². The zero-order chi connectivity index (χ0) is 5.86. The van der Waals surface area contributed by atoms with E-state index in [1.54, 1.807) is 0 Å². The smallest absolute Gasteiger partial charge is 0.0463 e. The SMILES string of the molecule is C=N/C(C)=C(/C)Br. The van der Waals surface area contributed by atoms with Gasteiger partial charge in [-0.3, -0.25) is 4.99 Å². The molecule has 0 aliphatic carbocycles. The van der Waals surface area contributed by atoms with Gasteiger partial charge in [-0.1, -0.05) is 15.9 Å². The van der Waals surface area contributed by atoms with E-state index in [9.17, 15) is 0 Å². The van der Waals surface area contributed by atoms with Crippen molar-refractivity contribution in [1.29, 1.82) is 0 Å². The lowest BCUT2D eigenvalue weighted by molar-refractivity contribution is 1.29. The quantitative estimate of drug-likeness (QED) is 0.524. The number of hydrogen-bond donors (Lipinski definition) is 0. The molecule has 0 amide bonds. The molecule has 0 aromatic carbocycles. The molecule has 0 heterocycles. The van der Waals surface area contributed by atoms with Crippen molar-refractivity contribution >= 4 is 22.6 Å². The Hall–Kier alpha value is -0.110. The van der Waals surface area contributed by atoms with Gasteiger partial charge < -0.3 is 0 Å². The number of allylic oxidation sites excluding steroid dienone is 2. The number of rotatable bonds is 1. The predicted octanol–water partition coefficient (Wildman–Crippen LogP) is 2.33. The van der Waals surface area contributed by atoms with Crippen molar-refractivity contribution in [3.63, 3.8) is 0 Å². The summed E-state index contributed by atoms with van der Waals surface area (Å²) in [4.78, 5) is 3.67. The van der Waals surface area contributed by atoms with Crippen LogP contribution in [0.2, 0.25) is 0 Å². The highest BCUT2D eigenvalue weighted by Crippen LogP contribution is 2.09. The minimum absolute atomic E-state index is 0.944. The molecule has 40 valence electrons. The van der Waals surface area contributed by atoms with Crippen LogP contribution in [0.15, 0.2) is 15.2 Å². The van der Waals surface area contributed by atoms with E-state index in [4.69, 9.17) is 0 Å². The maximum Gasteiger partial charge on any atom is 0.0463 e. The van der Waals surface area contributed by atoms with Gasteiger partial charge in [-0.05, 0) is 20.6 Å². The molecule has 0 rings (SSSR count). The van der Waals surface area contributed by atoms with E-state index in [1.165, 1.54) is 0 Å². The van der Waals surface area contributed by atoms with Crippen LogP contribution in [0.25, 0.3) is 0 Å². The Morgan fingerprint density at radius 3 is 2.00 bits per heavy atom. The first-order valence-corrected chi connectivity index (χ1v) is 2.77. The van der Waals surface area contributed by atoms with Crippen LogP contribution in [0.5, 0.6) is 0 Å². The van der Waals surface area contributed by atoms with Crippen LogP contribution in [0.3, 0.4) is 0 Å². The third-order valence-electron chi connectivity index (χ3n) is 0.736. The molecule has 0 spiro atoms. The fraction of sp³-hybridized carbons (Fsp3) is 0.400. The predicted molar refractivity (Wildman–Crippen MR) is 36.9 cm³/mol. The third-order valence-corrected chi connectivity index (χ3v) is 1.31. The van der Waals surface area contributed by atoms with E-state index in [1.807, 2.05) is 13.8 Å². The monoisotopic (exact) mass is 161 g/mol. The second kappa shape index (κ2) is 2.97. The van der Waals surface area contributed by atoms with E-state index in [0.29, 0.717) is 0 Å². The molecule has 0 radical (unpaired) electrons. The summed E-state index contributed by atoms with van der Waals surface area (Å²) in [6.07, 6.45) is 0. The normalized spacial score (nSPS) is 13.0. The maximum atomic E-state index is 3.67. The molecule has 0 atom stereocenters. The average molecular weight is 162 g/mol. The highest BCUT2D eigenvalue weighted by molar-refractivity contribution is 9.11. The molecule has 0 aromatic heterocycles. The van der Waals surface area contributed by atoms with Crippen molar-refractivity contribution in [3.05, 3.63) is 10.2 Å². The zero-order valence-electron chi connectivity index (χ0n) is 4.53. The fourth-order valence-corrected chi connectivity index (χ4v) is 0.234. The summed E-state index contributed by atoms with van der Waals surface area (Å²) in [5.41, 5.74) is 0.944. The van der Waals surface area contributed by atoms with E-state index >= 15 is 0 Å². The minimum atomic E-state index is 0.944. The standard InChI is InChI=1S/C5H8BrN/c1-4(6)5(2)7-3/h3H2,1-2H3/b5-4-. The Morgan fingerprint density at radius 2 is 2.00 bits per heavy atom. The van der Waals surface area contributed by atoms with Crippen molar-refractivity contribution in [3.8, 4) is 0 Å². The van der Waals surface area contributed by atoms with Gasteiger partial charge in [-0.15, -0.1) is 0 Å². The van der Waals surface area contributed by atoms with Crippen LogP contribution in [0.4, 0.5) is 0 Å². The molecular weight excluding hydrogens is 154 g/mol. The lowest BCUT2D eigenvalue weighted by Gasteiger charge is -1.87. The Labute approximate surface area is 52.3 Å². The van der Waals surface area contributed by atoms with Crippen molar-refractivity contribution in [2.24, 2.45) is 4.99 Å². The molecule has 7 heavy (non-hydrogen) atoms. The number of nitrogens with zero attached hydrogens (tertiary/aromatic N) is 1.